The number of amides is 2. The number of aromatic nitrogens is 4. The minimum atomic E-state index is -0.215. The summed E-state index contributed by atoms with van der Waals surface area (Å²) >= 11 is 1.24. The van der Waals surface area contributed by atoms with E-state index < -0.39 is 0 Å². The molecule has 2 amide bonds. The molecule has 3 aromatic rings. The molecule has 2 heterocycles. The SMILES string of the molecule is Cn1nnnc1SCC(=O)Nc1ccc(C(=O)Nc2ccc(N3CCOCC3)cc2)cc1. The van der Waals surface area contributed by atoms with Gasteiger partial charge >= 0.3 is 0 Å². The van der Waals surface area contributed by atoms with E-state index in [0.29, 0.717) is 16.4 Å². The molecule has 32 heavy (non-hydrogen) atoms. The Kier molecular flexibility index (Phi) is 6.97. The van der Waals surface area contributed by atoms with Crippen molar-refractivity contribution in [3.63, 3.8) is 0 Å². The Morgan fingerprint density at radius 2 is 1.66 bits per heavy atom. The number of nitrogens with one attached hydrogen (secondary N) is 2. The van der Waals surface area contributed by atoms with Crippen LogP contribution in [0.4, 0.5) is 17.1 Å². The van der Waals surface area contributed by atoms with Crippen LogP contribution in [-0.4, -0.2) is 64.1 Å². The topological polar surface area (TPSA) is 114 Å². The van der Waals surface area contributed by atoms with Crippen molar-refractivity contribution in [3.05, 3.63) is 54.1 Å². The first-order chi connectivity index (χ1) is 15.6. The van der Waals surface area contributed by atoms with Gasteiger partial charge in [-0.15, -0.1) is 5.10 Å². The Balaban J connectivity index is 1.28. The maximum absolute atomic E-state index is 12.6. The van der Waals surface area contributed by atoms with Crippen LogP contribution in [0.2, 0.25) is 0 Å². The van der Waals surface area contributed by atoms with E-state index in [1.165, 1.54) is 16.4 Å². The van der Waals surface area contributed by atoms with Crippen LogP contribution in [0.25, 0.3) is 0 Å². The van der Waals surface area contributed by atoms with Gasteiger partial charge in [-0.1, -0.05) is 11.8 Å². The Bertz CT molecular complexity index is 1060. The number of anilines is 3. The molecule has 1 aliphatic rings. The van der Waals surface area contributed by atoms with E-state index in [9.17, 15) is 9.59 Å². The molecule has 1 aromatic heterocycles. The zero-order valence-corrected chi connectivity index (χ0v) is 18.3. The predicted octanol–water partition coefficient (Wildman–Crippen LogP) is 2.03. The quantitative estimate of drug-likeness (QED) is 0.523. The van der Waals surface area contributed by atoms with E-state index in [0.717, 1.165) is 37.7 Å². The summed E-state index contributed by atoms with van der Waals surface area (Å²) in [5.74, 6) is -0.223. The number of hydrogen-bond acceptors (Lipinski definition) is 8. The second-order valence-electron chi connectivity index (χ2n) is 7.10. The van der Waals surface area contributed by atoms with Gasteiger partial charge in [0.1, 0.15) is 0 Å². The van der Waals surface area contributed by atoms with Crippen LogP contribution in [0.5, 0.6) is 0 Å². The average molecular weight is 454 g/mol. The smallest absolute Gasteiger partial charge is 0.255 e. The number of aryl methyl sites for hydroxylation is 1. The maximum atomic E-state index is 12.6. The fourth-order valence-electron chi connectivity index (χ4n) is 3.16. The molecule has 2 aromatic carbocycles. The van der Waals surface area contributed by atoms with Gasteiger partial charge in [0, 0.05) is 42.8 Å². The third kappa shape index (κ3) is 5.62. The minimum absolute atomic E-state index is 0.177. The van der Waals surface area contributed by atoms with Gasteiger partial charge < -0.3 is 20.3 Å². The summed E-state index contributed by atoms with van der Waals surface area (Å²) in [5, 5.41) is 17.3. The van der Waals surface area contributed by atoms with Crippen molar-refractivity contribution in [2.24, 2.45) is 7.05 Å². The first-order valence-electron chi connectivity index (χ1n) is 10.1. The molecule has 0 unspecified atom stereocenters. The molecule has 0 atom stereocenters. The highest BCUT2D eigenvalue weighted by atomic mass is 32.2. The average Bonchev–Trinajstić information content (AvgIpc) is 3.24. The lowest BCUT2D eigenvalue weighted by Gasteiger charge is -2.28. The molecule has 1 aliphatic heterocycles. The standard InChI is InChI=1S/C21H23N7O3S/c1-27-21(24-25-26-27)32-14-19(29)22-16-4-2-15(3-5-16)20(30)23-17-6-8-18(9-7-17)28-10-12-31-13-11-28/h2-9H,10-14H2,1H3,(H,22,29)(H,23,30). The summed E-state index contributed by atoms with van der Waals surface area (Å²) in [4.78, 5) is 26.9. The lowest BCUT2D eigenvalue weighted by atomic mass is 10.2. The number of rotatable bonds is 7. The Hall–Kier alpha value is -3.44. The summed E-state index contributed by atoms with van der Waals surface area (Å²) in [6.07, 6.45) is 0. The van der Waals surface area contributed by atoms with Gasteiger partial charge in [-0.3, -0.25) is 9.59 Å². The molecule has 0 radical (unpaired) electrons. The summed E-state index contributed by atoms with van der Waals surface area (Å²) < 4.78 is 6.88. The van der Waals surface area contributed by atoms with E-state index in [2.05, 4.69) is 31.1 Å². The van der Waals surface area contributed by atoms with Crippen LogP contribution in [0.15, 0.2) is 53.7 Å². The number of nitrogens with zero attached hydrogens (tertiary/aromatic N) is 5. The van der Waals surface area contributed by atoms with Crippen LogP contribution in [0.1, 0.15) is 10.4 Å². The first kappa shape index (κ1) is 21.8. The summed E-state index contributed by atoms with van der Waals surface area (Å²) in [5.41, 5.74) is 2.94. The van der Waals surface area contributed by atoms with Crippen molar-refractivity contribution in [1.29, 1.82) is 0 Å². The summed E-state index contributed by atoms with van der Waals surface area (Å²) in [6.45, 7) is 3.19. The normalized spacial score (nSPS) is 13.6. The summed E-state index contributed by atoms with van der Waals surface area (Å²) in [6, 6.07) is 14.5. The van der Waals surface area contributed by atoms with Crippen molar-refractivity contribution < 1.29 is 14.3 Å². The number of carbonyl (C=O) groups excluding carboxylic acids is 2. The van der Waals surface area contributed by atoms with Crippen LogP contribution >= 0.6 is 11.8 Å². The van der Waals surface area contributed by atoms with Gasteiger partial charge in [-0.25, -0.2) is 4.68 Å². The molecular weight excluding hydrogens is 430 g/mol. The molecular formula is C21H23N7O3S. The van der Waals surface area contributed by atoms with E-state index in [-0.39, 0.29) is 17.6 Å². The van der Waals surface area contributed by atoms with Crippen LogP contribution in [-0.2, 0) is 16.6 Å². The van der Waals surface area contributed by atoms with E-state index in [1.54, 1.807) is 31.3 Å². The number of carbonyl (C=O) groups is 2. The second-order valence-corrected chi connectivity index (χ2v) is 8.04. The van der Waals surface area contributed by atoms with Gasteiger partial charge in [0.15, 0.2) is 0 Å². The number of benzene rings is 2. The zero-order chi connectivity index (χ0) is 22.3. The molecule has 4 rings (SSSR count). The van der Waals surface area contributed by atoms with Crippen molar-refractivity contribution >= 4 is 40.6 Å². The van der Waals surface area contributed by atoms with E-state index in [4.69, 9.17) is 4.74 Å². The molecule has 11 heteroatoms. The molecule has 1 saturated heterocycles. The fourth-order valence-corrected chi connectivity index (χ4v) is 3.81. The van der Waals surface area contributed by atoms with Crippen LogP contribution < -0.4 is 15.5 Å². The molecule has 0 bridgehead atoms. The predicted molar refractivity (Wildman–Crippen MR) is 122 cm³/mol. The third-order valence-corrected chi connectivity index (χ3v) is 5.86. The lowest BCUT2D eigenvalue weighted by molar-refractivity contribution is -0.113. The molecule has 10 nitrogen and oxygen atoms in total. The van der Waals surface area contributed by atoms with Gasteiger partial charge in [-0.05, 0) is 59.0 Å². The van der Waals surface area contributed by atoms with Crippen molar-refractivity contribution in [2.75, 3.05) is 47.6 Å². The molecule has 0 saturated carbocycles. The lowest BCUT2D eigenvalue weighted by Crippen LogP contribution is -2.36. The highest BCUT2D eigenvalue weighted by molar-refractivity contribution is 7.99. The van der Waals surface area contributed by atoms with Crippen LogP contribution in [0, 0.1) is 0 Å². The minimum Gasteiger partial charge on any atom is -0.378 e. The van der Waals surface area contributed by atoms with E-state index >= 15 is 0 Å². The number of ether oxygens (including phenoxy) is 1. The van der Waals surface area contributed by atoms with E-state index in [1.807, 2.05) is 24.3 Å². The molecule has 0 spiro atoms. The van der Waals surface area contributed by atoms with Gasteiger partial charge in [0.25, 0.3) is 5.91 Å². The highest BCUT2D eigenvalue weighted by Crippen LogP contribution is 2.20. The highest BCUT2D eigenvalue weighted by Gasteiger charge is 2.12. The van der Waals surface area contributed by atoms with Crippen molar-refractivity contribution in [2.45, 2.75) is 5.16 Å². The summed E-state index contributed by atoms with van der Waals surface area (Å²) in [7, 11) is 1.71. The second kappa shape index (κ2) is 10.2. The van der Waals surface area contributed by atoms with Crippen LogP contribution in [0.3, 0.4) is 0 Å². The molecule has 166 valence electrons. The molecule has 1 fully saturated rings. The monoisotopic (exact) mass is 453 g/mol. The number of morpholine rings is 1. The van der Waals surface area contributed by atoms with Crippen molar-refractivity contribution in [3.8, 4) is 0 Å². The fraction of sp³-hybridized carbons (Fsp3) is 0.286. The number of hydrogen-bond donors (Lipinski definition) is 2. The van der Waals surface area contributed by atoms with Gasteiger partial charge in [0.05, 0.1) is 19.0 Å². The number of tetrazole rings is 1. The Morgan fingerprint density at radius 3 is 2.31 bits per heavy atom. The largest absolute Gasteiger partial charge is 0.378 e. The molecule has 0 aliphatic carbocycles. The molecule has 2 N–H and O–H groups in total. The van der Waals surface area contributed by atoms with Gasteiger partial charge in [0.2, 0.25) is 11.1 Å². The Labute approximate surface area is 189 Å². The van der Waals surface area contributed by atoms with Gasteiger partial charge in [-0.2, -0.15) is 0 Å². The first-order valence-corrected chi connectivity index (χ1v) is 11.1. The maximum Gasteiger partial charge on any atom is 0.255 e. The zero-order valence-electron chi connectivity index (χ0n) is 17.5. The van der Waals surface area contributed by atoms with Crippen molar-refractivity contribution in [1.82, 2.24) is 20.2 Å². The number of thioether (sulfide) groups is 1. The third-order valence-electron chi connectivity index (χ3n) is 4.85. The Morgan fingerprint density at radius 1 is 1.00 bits per heavy atom.